The number of hydrogen-bond donors (Lipinski definition) is 0. The van der Waals surface area contributed by atoms with Crippen molar-refractivity contribution in [2.24, 2.45) is 17.8 Å². The highest BCUT2D eigenvalue weighted by atomic mass is 19.2. The molecule has 0 radical (unpaired) electrons. The van der Waals surface area contributed by atoms with Gasteiger partial charge in [0, 0.05) is 5.56 Å². The van der Waals surface area contributed by atoms with E-state index in [1.165, 1.54) is 83.5 Å². The Morgan fingerprint density at radius 3 is 2.09 bits per heavy atom. The van der Waals surface area contributed by atoms with Crippen molar-refractivity contribution in [2.75, 3.05) is 0 Å². The molecule has 2 aliphatic carbocycles. The van der Waals surface area contributed by atoms with Crippen molar-refractivity contribution in [3.8, 4) is 0 Å². The molecule has 0 amide bonds. The molecule has 0 spiro atoms. The van der Waals surface area contributed by atoms with Gasteiger partial charge >= 0.3 is 0 Å². The van der Waals surface area contributed by atoms with E-state index in [1.807, 2.05) is 6.08 Å². The van der Waals surface area contributed by atoms with Gasteiger partial charge in [-0.25, -0.2) is 8.78 Å². The summed E-state index contributed by atoms with van der Waals surface area (Å²) in [7, 11) is 0. The maximum atomic E-state index is 14.7. The summed E-state index contributed by atoms with van der Waals surface area (Å²) >= 11 is 0. The van der Waals surface area contributed by atoms with E-state index >= 15 is 0 Å². The third-order valence-corrected chi connectivity index (χ3v) is 8.37. The molecular weight excluding hydrogens is 422 g/mol. The Balaban J connectivity index is 1.38. The first-order chi connectivity index (χ1) is 16.6. The average Bonchev–Trinajstić information content (AvgIpc) is 2.87. The Morgan fingerprint density at radius 1 is 0.765 bits per heavy atom. The highest BCUT2D eigenvalue weighted by Gasteiger charge is 2.27. The van der Waals surface area contributed by atoms with E-state index in [0.717, 1.165) is 36.7 Å². The van der Waals surface area contributed by atoms with Gasteiger partial charge in [0.25, 0.3) is 0 Å². The van der Waals surface area contributed by atoms with E-state index in [-0.39, 0.29) is 0 Å². The van der Waals surface area contributed by atoms with Crippen LogP contribution in [0.25, 0.3) is 5.57 Å². The van der Waals surface area contributed by atoms with Gasteiger partial charge in [-0.15, -0.1) is 0 Å². The summed E-state index contributed by atoms with van der Waals surface area (Å²) < 4.78 is 29.3. The molecule has 0 aliphatic heterocycles. The Morgan fingerprint density at radius 2 is 1.44 bits per heavy atom. The van der Waals surface area contributed by atoms with Crippen molar-refractivity contribution < 1.29 is 8.78 Å². The third-order valence-electron chi connectivity index (χ3n) is 8.37. The molecule has 1 aromatic carbocycles. The first-order valence-corrected chi connectivity index (χ1v) is 14.5. The molecule has 1 atom stereocenters. The summed E-state index contributed by atoms with van der Waals surface area (Å²) in [5.74, 6) is 0.909. The van der Waals surface area contributed by atoms with Crippen LogP contribution in [-0.2, 0) is 6.42 Å². The van der Waals surface area contributed by atoms with Crippen LogP contribution in [0.15, 0.2) is 30.4 Å². The topological polar surface area (TPSA) is 0 Å². The summed E-state index contributed by atoms with van der Waals surface area (Å²) in [5, 5.41) is 0. The number of allylic oxidation sites excluding steroid dienone is 4. The van der Waals surface area contributed by atoms with E-state index in [0.29, 0.717) is 23.5 Å². The fourth-order valence-corrected chi connectivity index (χ4v) is 6.03. The minimum Gasteiger partial charge on any atom is -0.203 e. The summed E-state index contributed by atoms with van der Waals surface area (Å²) in [6.45, 7) is 4.35. The Hall–Kier alpha value is -1.44. The normalized spacial score (nSPS) is 22.7. The van der Waals surface area contributed by atoms with Crippen molar-refractivity contribution in [3.05, 3.63) is 53.1 Å². The standard InChI is InChI=1S/C32H48F2/c1-3-5-7-8-9-10-11-12-13-25-15-17-26(18-16-25)27-19-21-28(22-20-27)30-24-23-29(14-6-4-2)31(33)32(30)34/h19,21-27H,3-18,20H2,1-2H3/t25-,26-,27?. The monoisotopic (exact) mass is 470 g/mol. The SMILES string of the molecule is CCCCCCCCCC[C@H]1CC[C@H](C2C=CC(c3ccc(CCCC)c(F)c3F)=CC2)CC1. The van der Waals surface area contributed by atoms with Crippen molar-refractivity contribution >= 4 is 5.57 Å². The van der Waals surface area contributed by atoms with Crippen molar-refractivity contribution in [3.63, 3.8) is 0 Å². The minimum absolute atomic E-state index is 0.418. The molecule has 0 nitrogen and oxygen atoms in total. The zero-order valence-electron chi connectivity index (χ0n) is 21.9. The van der Waals surface area contributed by atoms with E-state index in [4.69, 9.17) is 0 Å². The number of halogens is 2. The van der Waals surface area contributed by atoms with Gasteiger partial charge in [-0.05, 0) is 61.0 Å². The summed E-state index contributed by atoms with van der Waals surface area (Å²) in [5.41, 5.74) is 1.77. The highest BCUT2D eigenvalue weighted by molar-refractivity contribution is 5.75. The molecule has 0 N–H and O–H groups in total. The van der Waals surface area contributed by atoms with Gasteiger partial charge in [0.15, 0.2) is 11.6 Å². The molecule has 1 aromatic rings. The molecule has 190 valence electrons. The molecule has 3 rings (SSSR count). The van der Waals surface area contributed by atoms with Gasteiger partial charge in [-0.3, -0.25) is 0 Å². The smallest absolute Gasteiger partial charge is 0.166 e. The molecular formula is C32H48F2. The fourth-order valence-electron chi connectivity index (χ4n) is 6.03. The van der Waals surface area contributed by atoms with Crippen LogP contribution >= 0.6 is 0 Å². The molecule has 0 heterocycles. The molecule has 1 fully saturated rings. The van der Waals surface area contributed by atoms with Gasteiger partial charge in [0.05, 0.1) is 0 Å². The molecule has 1 saturated carbocycles. The molecule has 0 bridgehead atoms. The van der Waals surface area contributed by atoms with Crippen molar-refractivity contribution in [1.82, 2.24) is 0 Å². The maximum absolute atomic E-state index is 14.7. The van der Waals surface area contributed by atoms with E-state index in [1.54, 1.807) is 12.1 Å². The van der Waals surface area contributed by atoms with Crippen LogP contribution in [0.5, 0.6) is 0 Å². The Kier molecular flexibility index (Phi) is 11.9. The second-order valence-corrected chi connectivity index (χ2v) is 11.0. The maximum Gasteiger partial charge on any atom is 0.166 e. The lowest BCUT2D eigenvalue weighted by Gasteiger charge is -2.33. The molecule has 2 heteroatoms. The van der Waals surface area contributed by atoms with Crippen LogP contribution in [-0.4, -0.2) is 0 Å². The van der Waals surface area contributed by atoms with Gasteiger partial charge in [0.2, 0.25) is 0 Å². The minimum atomic E-state index is -0.676. The van der Waals surface area contributed by atoms with E-state index in [2.05, 4.69) is 26.0 Å². The highest BCUT2D eigenvalue weighted by Crippen LogP contribution is 2.40. The Labute approximate surface area is 208 Å². The van der Waals surface area contributed by atoms with Gasteiger partial charge in [0.1, 0.15) is 0 Å². The van der Waals surface area contributed by atoms with Crippen LogP contribution < -0.4 is 0 Å². The Bertz CT molecular complexity index is 782. The quantitative estimate of drug-likeness (QED) is 0.237. The summed E-state index contributed by atoms with van der Waals surface area (Å²) in [6, 6.07) is 3.55. The van der Waals surface area contributed by atoms with Crippen LogP contribution in [0.1, 0.15) is 128 Å². The number of hydrogen-bond acceptors (Lipinski definition) is 0. The zero-order chi connectivity index (χ0) is 24.2. The van der Waals surface area contributed by atoms with Crippen molar-refractivity contribution in [1.29, 1.82) is 0 Å². The average molecular weight is 471 g/mol. The molecule has 34 heavy (non-hydrogen) atoms. The summed E-state index contributed by atoms with van der Waals surface area (Å²) in [6.07, 6.45) is 28.0. The number of benzene rings is 1. The number of unbranched alkanes of at least 4 members (excludes halogenated alkanes) is 8. The number of rotatable bonds is 14. The largest absolute Gasteiger partial charge is 0.203 e. The van der Waals surface area contributed by atoms with Gasteiger partial charge < -0.3 is 0 Å². The molecule has 2 aliphatic rings. The van der Waals surface area contributed by atoms with Gasteiger partial charge in [-0.1, -0.05) is 121 Å². The number of aryl methyl sites for hydroxylation is 1. The fraction of sp³-hybridized carbons (Fsp3) is 0.688. The van der Waals surface area contributed by atoms with Crippen LogP contribution in [0.2, 0.25) is 0 Å². The predicted octanol–water partition coefficient (Wildman–Crippen LogP) is 10.6. The molecule has 1 unspecified atom stereocenters. The van der Waals surface area contributed by atoms with Crippen LogP contribution in [0.3, 0.4) is 0 Å². The van der Waals surface area contributed by atoms with E-state index in [9.17, 15) is 8.78 Å². The first kappa shape index (κ1) is 27.2. The third kappa shape index (κ3) is 8.06. The zero-order valence-corrected chi connectivity index (χ0v) is 21.9. The second kappa shape index (κ2) is 14.8. The van der Waals surface area contributed by atoms with Crippen LogP contribution in [0, 0.1) is 29.4 Å². The molecule has 0 aromatic heterocycles. The lowest BCUT2D eigenvalue weighted by Crippen LogP contribution is -2.21. The predicted molar refractivity (Wildman–Crippen MR) is 143 cm³/mol. The van der Waals surface area contributed by atoms with Crippen molar-refractivity contribution in [2.45, 2.75) is 123 Å². The molecule has 0 saturated heterocycles. The first-order valence-electron chi connectivity index (χ1n) is 14.5. The lowest BCUT2D eigenvalue weighted by atomic mass is 9.72. The second-order valence-electron chi connectivity index (χ2n) is 11.0. The van der Waals surface area contributed by atoms with E-state index < -0.39 is 11.6 Å². The van der Waals surface area contributed by atoms with Gasteiger partial charge in [-0.2, -0.15) is 0 Å². The van der Waals surface area contributed by atoms with Crippen LogP contribution in [0.4, 0.5) is 8.78 Å². The lowest BCUT2D eigenvalue weighted by molar-refractivity contribution is 0.218. The summed E-state index contributed by atoms with van der Waals surface area (Å²) in [4.78, 5) is 0.